The molecule has 1 unspecified atom stereocenters. The van der Waals surface area contributed by atoms with Crippen molar-refractivity contribution in [1.29, 1.82) is 0 Å². The highest BCUT2D eigenvalue weighted by atomic mass is 19.1. The fraction of sp³-hybridized carbons (Fsp3) is 0.381. The minimum absolute atomic E-state index is 0.0149. The van der Waals surface area contributed by atoms with Crippen molar-refractivity contribution >= 4 is 5.91 Å². The monoisotopic (exact) mass is 355 g/mol. The highest BCUT2D eigenvalue weighted by Gasteiger charge is 2.34. The van der Waals surface area contributed by atoms with Gasteiger partial charge in [0.05, 0.1) is 0 Å². The minimum Gasteiger partial charge on any atom is -0.486 e. The van der Waals surface area contributed by atoms with Gasteiger partial charge in [0.2, 0.25) is 5.91 Å². The molecule has 0 bridgehead atoms. The van der Waals surface area contributed by atoms with Crippen molar-refractivity contribution in [2.24, 2.45) is 5.92 Å². The van der Waals surface area contributed by atoms with E-state index in [9.17, 15) is 9.18 Å². The molecule has 4 rings (SSSR count). The summed E-state index contributed by atoms with van der Waals surface area (Å²) in [6.07, 6.45) is 2.76. The number of hydrogen-bond donors (Lipinski definition) is 1. The van der Waals surface area contributed by atoms with Gasteiger partial charge in [-0.1, -0.05) is 18.2 Å². The Hall–Kier alpha value is -2.56. The third kappa shape index (κ3) is 3.98. The van der Waals surface area contributed by atoms with Gasteiger partial charge in [0.15, 0.2) is 11.5 Å². The standard InChI is InChI=1S/C21H22FNO3/c22-17-6-1-14(2-7-17)13-23-21(24)12-18(15-3-4-15)16-5-8-19-20(11-16)26-10-9-25-19/h1-2,5-8,11,15,18H,3-4,9-10,12-13H2,(H,23,24). The zero-order valence-corrected chi connectivity index (χ0v) is 14.5. The fourth-order valence-electron chi connectivity index (χ4n) is 3.42. The Morgan fingerprint density at radius 3 is 2.54 bits per heavy atom. The molecule has 1 saturated carbocycles. The first-order valence-corrected chi connectivity index (χ1v) is 9.10. The molecule has 136 valence electrons. The van der Waals surface area contributed by atoms with E-state index in [1.165, 1.54) is 12.1 Å². The van der Waals surface area contributed by atoms with Crippen LogP contribution in [0.25, 0.3) is 0 Å². The summed E-state index contributed by atoms with van der Waals surface area (Å²) >= 11 is 0. The second-order valence-corrected chi connectivity index (χ2v) is 6.95. The maximum absolute atomic E-state index is 13.0. The van der Waals surface area contributed by atoms with Gasteiger partial charge < -0.3 is 14.8 Å². The highest BCUT2D eigenvalue weighted by molar-refractivity contribution is 5.77. The van der Waals surface area contributed by atoms with Crippen LogP contribution < -0.4 is 14.8 Å². The van der Waals surface area contributed by atoms with Crippen molar-refractivity contribution in [3.8, 4) is 11.5 Å². The van der Waals surface area contributed by atoms with Crippen LogP contribution in [0.15, 0.2) is 42.5 Å². The van der Waals surface area contributed by atoms with Crippen LogP contribution >= 0.6 is 0 Å². The molecule has 1 fully saturated rings. The second-order valence-electron chi connectivity index (χ2n) is 6.95. The van der Waals surface area contributed by atoms with Crippen LogP contribution in [0.3, 0.4) is 0 Å². The lowest BCUT2D eigenvalue weighted by molar-refractivity contribution is -0.121. The summed E-state index contributed by atoms with van der Waals surface area (Å²) in [5, 5.41) is 2.95. The lowest BCUT2D eigenvalue weighted by atomic mass is 9.90. The van der Waals surface area contributed by atoms with E-state index in [1.54, 1.807) is 12.1 Å². The topological polar surface area (TPSA) is 47.6 Å². The van der Waals surface area contributed by atoms with Crippen LogP contribution in [0.4, 0.5) is 4.39 Å². The van der Waals surface area contributed by atoms with Gasteiger partial charge in [-0.15, -0.1) is 0 Å². The Kier molecular flexibility index (Phi) is 4.78. The zero-order valence-electron chi connectivity index (χ0n) is 14.5. The van der Waals surface area contributed by atoms with Gasteiger partial charge >= 0.3 is 0 Å². The van der Waals surface area contributed by atoms with Crippen LogP contribution in [-0.4, -0.2) is 19.1 Å². The molecule has 2 aromatic rings. The summed E-state index contributed by atoms with van der Waals surface area (Å²) in [7, 11) is 0. The molecule has 1 N–H and O–H groups in total. The van der Waals surface area contributed by atoms with Crippen LogP contribution in [0.5, 0.6) is 11.5 Å². The number of carbonyl (C=O) groups is 1. The van der Waals surface area contributed by atoms with Gasteiger partial charge in [0.25, 0.3) is 0 Å². The highest BCUT2D eigenvalue weighted by Crippen LogP contribution is 2.46. The molecule has 5 heteroatoms. The first-order chi connectivity index (χ1) is 12.7. The summed E-state index contributed by atoms with van der Waals surface area (Å²) in [5.41, 5.74) is 2.02. The third-order valence-corrected chi connectivity index (χ3v) is 4.99. The summed E-state index contributed by atoms with van der Waals surface area (Å²) in [6.45, 7) is 1.55. The van der Waals surface area contributed by atoms with E-state index in [4.69, 9.17) is 9.47 Å². The number of fused-ring (bicyclic) bond motifs is 1. The molecular weight excluding hydrogens is 333 g/mol. The van der Waals surface area contributed by atoms with Crippen LogP contribution in [0.2, 0.25) is 0 Å². The number of carbonyl (C=O) groups excluding carboxylic acids is 1. The van der Waals surface area contributed by atoms with E-state index in [0.717, 1.165) is 35.5 Å². The summed E-state index contributed by atoms with van der Waals surface area (Å²) < 4.78 is 24.2. The molecule has 1 aliphatic heterocycles. The van der Waals surface area contributed by atoms with E-state index in [0.29, 0.717) is 32.1 Å². The van der Waals surface area contributed by atoms with Crippen LogP contribution in [-0.2, 0) is 11.3 Å². The van der Waals surface area contributed by atoms with E-state index in [2.05, 4.69) is 5.32 Å². The zero-order chi connectivity index (χ0) is 17.9. The SMILES string of the molecule is O=C(CC(c1ccc2c(c1)OCCO2)C1CC1)NCc1ccc(F)cc1. The van der Waals surface area contributed by atoms with Crippen molar-refractivity contribution in [2.75, 3.05) is 13.2 Å². The average molecular weight is 355 g/mol. The predicted molar refractivity (Wildman–Crippen MR) is 95.8 cm³/mol. The molecular formula is C21H22FNO3. The Labute approximate surface area is 152 Å². The van der Waals surface area contributed by atoms with Crippen molar-refractivity contribution in [3.63, 3.8) is 0 Å². The molecule has 0 radical (unpaired) electrons. The van der Waals surface area contributed by atoms with Gasteiger partial charge in [-0.05, 0) is 60.1 Å². The largest absolute Gasteiger partial charge is 0.486 e. The Morgan fingerprint density at radius 1 is 1.08 bits per heavy atom. The molecule has 1 heterocycles. The molecule has 0 spiro atoms. The van der Waals surface area contributed by atoms with Gasteiger partial charge in [-0.25, -0.2) is 4.39 Å². The lowest BCUT2D eigenvalue weighted by Gasteiger charge is -2.22. The molecule has 4 nitrogen and oxygen atoms in total. The Bertz CT molecular complexity index is 786. The summed E-state index contributed by atoms with van der Waals surface area (Å²) in [6, 6.07) is 12.2. The number of nitrogens with one attached hydrogen (secondary N) is 1. The van der Waals surface area contributed by atoms with Crippen molar-refractivity contribution in [1.82, 2.24) is 5.32 Å². The van der Waals surface area contributed by atoms with E-state index >= 15 is 0 Å². The lowest BCUT2D eigenvalue weighted by Crippen LogP contribution is -2.25. The molecule has 0 aromatic heterocycles. The molecule has 0 saturated heterocycles. The van der Waals surface area contributed by atoms with Crippen molar-refractivity contribution < 1.29 is 18.7 Å². The normalized spacial score (nSPS) is 16.8. The summed E-state index contributed by atoms with van der Waals surface area (Å²) in [5.74, 6) is 2.03. The molecule has 2 aliphatic rings. The van der Waals surface area contributed by atoms with E-state index < -0.39 is 0 Å². The van der Waals surface area contributed by atoms with Gasteiger partial charge in [0, 0.05) is 13.0 Å². The average Bonchev–Trinajstić information content (AvgIpc) is 3.50. The third-order valence-electron chi connectivity index (χ3n) is 4.99. The van der Waals surface area contributed by atoms with Gasteiger partial charge in [-0.2, -0.15) is 0 Å². The minimum atomic E-state index is -0.271. The second kappa shape index (κ2) is 7.36. The van der Waals surface area contributed by atoms with Gasteiger partial charge in [-0.3, -0.25) is 4.79 Å². The summed E-state index contributed by atoms with van der Waals surface area (Å²) in [4.78, 5) is 12.4. The Morgan fingerprint density at radius 2 is 1.81 bits per heavy atom. The van der Waals surface area contributed by atoms with Gasteiger partial charge in [0.1, 0.15) is 19.0 Å². The number of halogens is 1. The number of hydrogen-bond acceptors (Lipinski definition) is 3. The smallest absolute Gasteiger partial charge is 0.220 e. The maximum atomic E-state index is 13.0. The van der Waals surface area contributed by atoms with E-state index in [-0.39, 0.29) is 17.6 Å². The van der Waals surface area contributed by atoms with E-state index in [1.807, 2.05) is 18.2 Å². The molecule has 1 amide bonds. The first-order valence-electron chi connectivity index (χ1n) is 9.10. The number of ether oxygens (including phenoxy) is 2. The Balaban J connectivity index is 1.40. The fourth-order valence-corrected chi connectivity index (χ4v) is 3.42. The first kappa shape index (κ1) is 16.9. The predicted octanol–water partition coefficient (Wildman–Crippen LogP) is 3.80. The van der Waals surface area contributed by atoms with Crippen LogP contribution in [0.1, 0.15) is 36.3 Å². The van der Waals surface area contributed by atoms with Crippen molar-refractivity contribution in [2.45, 2.75) is 31.7 Å². The molecule has 2 aromatic carbocycles. The number of rotatable bonds is 6. The molecule has 1 aliphatic carbocycles. The number of amides is 1. The van der Waals surface area contributed by atoms with Crippen LogP contribution in [0, 0.1) is 11.7 Å². The van der Waals surface area contributed by atoms with Crippen molar-refractivity contribution in [3.05, 3.63) is 59.4 Å². The molecule has 1 atom stereocenters. The molecule has 26 heavy (non-hydrogen) atoms. The maximum Gasteiger partial charge on any atom is 0.220 e. The quantitative estimate of drug-likeness (QED) is 0.857. The number of benzene rings is 2.